The molecular formula is C15H24N2O2. The summed E-state index contributed by atoms with van der Waals surface area (Å²) in [7, 11) is 1.90. The van der Waals surface area contributed by atoms with Gasteiger partial charge in [0.15, 0.2) is 0 Å². The number of benzene rings is 1. The molecule has 1 rings (SSSR count). The topological polar surface area (TPSA) is 50.4 Å². The maximum Gasteiger partial charge on any atom is 0.251 e. The summed E-state index contributed by atoms with van der Waals surface area (Å²) in [6.07, 6.45) is 2.09. The van der Waals surface area contributed by atoms with E-state index in [1.54, 1.807) is 12.1 Å². The van der Waals surface area contributed by atoms with Crippen LogP contribution in [0.4, 0.5) is 0 Å². The summed E-state index contributed by atoms with van der Waals surface area (Å²) < 4.78 is 5.67. The highest BCUT2D eigenvalue weighted by Crippen LogP contribution is 2.14. The molecule has 0 radical (unpaired) electrons. The van der Waals surface area contributed by atoms with Gasteiger partial charge in [-0.1, -0.05) is 6.92 Å². The number of amides is 1. The molecule has 0 bridgehead atoms. The summed E-state index contributed by atoms with van der Waals surface area (Å²) in [4.78, 5) is 11.8. The second kappa shape index (κ2) is 8.53. The first-order chi connectivity index (χ1) is 9.17. The second-order valence-electron chi connectivity index (χ2n) is 4.57. The predicted molar refractivity (Wildman–Crippen MR) is 77.7 cm³/mol. The standard InChI is InChI=1S/C15H24N2O2/c1-4-12(2)19-14-8-6-13(7-9-14)15(18)17-11-5-10-16-3/h6-9,12,16H,4-5,10-11H2,1-3H3,(H,17,18). The van der Waals surface area contributed by atoms with E-state index in [0.29, 0.717) is 12.1 Å². The van der Waals surface area contributed by atoms with Crippen LogP contribution in [0.2, 0.25) is 0 Å². The van der Waals surface area contributed by atoms with Crippen molar-refractivity contribution in [2.75, 3.05) is 20.1 Å². The number of carbonyl (C=O) groups is 1. The second-order valence-corrected chi connectivity index (χ2v) is 4.57. The van der Waals surface area contributed by atoms with E-state index in [-0.39, 0.29) is 12.0 Å². The smallest absolute Gasteiger partial charge is 0.251 e. The van der Waals surface area contributed by atoms with Gasteiger partial charge in [0, 0.05) is 12.1 Å². The Labute approximate surface area is 115 Å². The molecule has 19 heavy (non-hydrogen) atoms. The number of nitrogens with one attached hydrogen (secondary N) is 2. The SMILES string of the molecule is CCC(C)Oc1ccc(C(=O)NCCCNC)cc1. The third-order valence-electron chi connectivity index (χ3n) is 2.92. The van der Waals surface area contributed by atoms with E-state index in [0.717, 1.165) is 25.1 Å². The zero-order valence-corrected chi connectivity index (χ0v) is 12.0. The Morgan fingerprint density at radius 2 is 1.95 bits per heavy atom. The molecule has 4 heteroatoms. The molecule has 0 aromatic heterocycles. The summed E-state index contributed by atoms with van der Waals surface area (Å²) in [5.74, 6) is 0.771. The number of ether oxygens (including phenoxy) is 1. The van der Waals surface area contributed by atoms with E-state index >= 15 is 0 Å². The van der Waals surface area contributed by atoms with Crippen molar-refractivity contribution in [1.29, 1.82) is 0 Å². The van der Waals surface area contributed by atoms with Crippen LogP contribution in [0.1, 0.15) is 37.0 Å². The first kappa shape index (κ1) is 15.5. The lowest BCUT2D eigenvalue weighted by atomic mass is 10.2. The van der Waals surface area contributed by atoms with E-state index in [9.17, 15) is 4.79 Å². The molecule has 0 aliphatic heterocycles. The lowest BCUT2D eigenvalue weighted by molar-refractivity contribution is 0.0953. The summed E-state index contributed by atoms with van der Waals surface area (Å²) in [6, 6.07) is 7.28. The molecule has 1 aromatic carbocycles. The molecule has 0 saturated heterocycles. The summed E-state index contributed by atoms with van der Waals surface area (Å²) >= 11 is 0. The molecule has 1 amide bonds. The molecule has 1 unspecified atom stereocenters. The van der Waals surface area contributed by atoms with Crippen molar-refractivity contribution in [3.63, 3.8) is 0 Å². The van der Waals surface area contributed by atoms with Gasteiger partial charge in [0.1, 0.15) is 5.75 Å². The Balaban J connectivity index is 2.44. The van der Waals surface area contributed by atoms with E-state index < -0.39 is 0 Å². The van der Waals surface area contributed by atoms with Gasteiger partial charge in [0.2, 0.25) is 0 Å². The monoisotopic (exact) mass is 264 g/mol. The molecule has 0 spiro atoms. The van der Waals surface area contributed by atoms with Crippen LogP contribution >= 0.6 is 0 Å². The predicted octanol–water partition coefficient (Wildman–Crippen LogP) is 2.20. The maximum atomic E-state index is 11.8. The van der Waals surface area contributed by atoms with E-state index in [4.69, 9.17) is 4.74 Å². The highest BCUT2D eigenvalue weighted by atomic mass is 16.5. The summed E-state index contributed by atoms with van der Waals surface area (Å²) in [6.45, 7) is 5.70. The molecule has 0 heterocycles. The average molecular weight is 264 g/mol. The van der Waals surface area contributed by atoms with Crippen LogP contribution in [0.15, 0.2) is 24.3 Å². The minimum atomic E-state index is -0.0359. The van der Waals surface area contributed by atoms with Crippen LogP contribution in [-0.2, 0) is 0 Å². The Hall–Kier alpha value is -1.55. The highest BCUT2D eigenvalue weighted by Gasteiger charge is 2.06. The van der Waals surface area contributed by atoms with Crippen LogP contribution in [0.25, 0.3) is 0 Å². The molecule has 106 valence electrons. The number of rotatable bonds is 8. The van der Waals surface area contributed by atoms with Gasteiger partial charge in [-0.25, -0.2) is 0 Å². The average Bonchev–Trinajstić information content (AvgIpc) is 2.44. The van der Waals surface area contributed by atoms with Crippen LogP contribution in [0.5, 0.6) is 5.75 Å². The Morgan fingerprint density at radius 1 is 1.26 bits per heavy atom. The highest BCUT2D eigenvalue weighted by molar-refractivity contribution is 5.94. The van der Waals surface area contributed by atoms with E-state index in [2.05, 4.69) is 17.6 Å². The molecule has 0 fully saturated rings. The van der Waals surface area contributed by atoms with E-state index in [1.165, 1.54) is 0 Å². The Kier molecular flexibility index (Phi) is 6.97. The van der Waals surface area contributed by atoms with Crippen LogP contribution in [0.3, 0.4) is 0 Å². The number of hydrogen-bond donors (Lipinski definition) is 2. The van der Waals surface area contributed by atoms with E-state index in [1.807, 2.05) is 26.1 Å². The Morgan fingerprint density at radius 3 is 2.53 bits per heavy atom. The van der Waals surface area contributed by atoms with Gasteiger partial charge in [-0.05, 0) is 57.6 Å². The van der Waals surface area contributed by atoms with Gasteiger partial charge in [0.25, 0.3) is 5.91 Å². The van der Waals surface area contributed by atoms with Crippen LogP contribution in [-0.4, -0.2) is 32.1 Å². The van der Waals surface area contributed by atoms with Crippen molar-refractivity contribution < 1.29 is 9.53 Å². The van der Waals surface area contributed by atoms with Gasteiger partial charge in [-0.15, -0.1) is 0 Å². The third-order valence-corrected chi connectivity index (χ3v) is 2.92. The summed E-state index contributed by atoms with van der Waals surface area (Å²) in [5, 5.41) is 5.93. The van der Waals surface area contributed by atoms with Crippen LogP contribution < -0.4 is 15.4 Å². The summed E-state index contributed by atoms with van der Waals surface area (Å²) in [5.41, 5.74) is 0.668. The third kappa shape index (κ3) is 5.75. The number of carbonyl (C=O) groups excluding carboxylic acids is 1. The molecule has 2 N–H and O–H groups in total. The van der Waals surface area contributed by atoms with Crippen molar-refractivity contribution in [2.45, 2.75) is 32.8 Å². The van der Waals surface area contributed by atoms with Gasteiger partial charge in [-0.2, -0.15) is 0 Å². The van der Waals surface area contributed by atoms with Crippen molar-refractivity contribution in [3.05, 3.63) is 29.8 Å². The fourth-order valence-corrected chi connectivity index (χ4v) is 1.57. The number of hydrogen-bond acceptors (Lipinski definition) is 3. The molecule has 0 saturated carbocycles. The van der Waals surface area contributed by atoms with Crippen molar-refractivity contribution in [3.8, 4) is 5.75 Å². The minimum Gasteiger partial charge on any atom is -0.491 e. The molecule has 0 aliphatic carbocycles. The molecule has 4 nitrogen and oxygen atoms in total. The fraction of sp³-hybridized carbons (Fsp3) is 0.533. The van der Waals surface area contributed by atoms with Gasteiger partial charge in [-0.3, -0.25) is 4.79 Å². The largest absolute Gasteiger partial charge is 0.491 e. The van der Waals surface area contributed by atoms with Gasteiger partial charge >= 0.3 is 0 Å². The van der Waals surface area contributed by atoms with Crippen LogP contribution in [0, 0.1) is 0 Å². The molecule has 1 atom stereocenters. The minimum absolute atomic E-state index is 0.0359. The first-order valence-corrected chi connectivity index (χ1v) is 6.87. The zero-order valence-electron chi connectivity index (χ0n) is 12.0. The lowest BCUT2D eigenvalue weighted by Gasteiger charge is -2.12. The molecule has 0 aliphatic rings. The maximum absolute atomic E-state index is 11.8. The van der Waals surface area contributed by atoms with Gasteiger partial charge < -0.3 is 15.4 Å². The van der Waals surface area contributed by atoms with Crippen molar-refractivity contribution >= 4 is 5.91 Å². The van der Waals surface area contributed by atoms with Gasteiger partial charge in [0.05, 0.1) is 6.10 Å². The zero-order chi connectivity index (χ0) is 14.1. The normalized spacial score (nSPS) is 11.9. The fourth-order valence-electron chi connectivity index (χ4n) is 1.57. The Bertz CT molecular complexity index is 376. The van der Waals surface area contributed by atoms with Crippen molar-refractivity contribution in [2.24, 2.45) is 0 Å². The molecule has 1 aromatic rings. The lowest BCUT2D eigenvalue weighted by Crippen LogP contribution is -2.26. The quantitative estimate of drug-likeness (QED) is 0.708. The molecular weight excluding hydrogens is 240 g/mol. The first-order valence-electron chi connectivity index (χ1n) is 6.87. The van der Waals surface area contributed by atoms with Crippen molar-refractivity contribution in [1.82, 2.24) is 10.6 Å².